The molecule has 0 saturated carbocycles. The predicted molar refractivity (Wildman–Crippen MR) is 65.3 cm³/mol. The minimum absolute atomic E-state index is 0.0302. The molecule has 1 radical (unpaired) electrons. The number of benzene rings is 1. The standard InChI is InChI=1S/C12H11N2O5/c1-19-12(18)8-3-2-7(6-9(8)15)14-11(17)5-4-10(13)16/h2-6,13,15H,1H3,(H,14,17). The maximum Gasteiger partial charge on any atom is 0.341 e. The van der Waals surface area contributed by atoms with E-state index in [0.29, 0.717) is 0 Å². The minimum Gasteiger partial charge on any atom is -0.507 e. The highest BCUT2D eigenvalue weighted by atomic mass is 16.5. The second-order valence-electron chi connectivity index (χ2n) is 3.41. The molecule has 0 spiro atoms. The van der Waals surface area contributed by atoms with E-state index in [1.54, 1.807) is 0 Å². The van der Waals surface area contributed by atoms with Gasteiger partial charge in [0.25, 0.3) is 5.91 Å². The fourth-order valence-electron chi connectivity index (χ4n) is 1.23. The maximum atomic E-state index is 11.3. The highest BCUT2D eigenvalue weighted by Crippen LogP contribution is 2.22. The Morgan fingerprint density at radius 3 is 2.53 bits per heavy atom. The van der Waals surface area contributed by atoms with Crippen LogP contribution in [0.2, 0.25) is 0 Å². The van der Waals surface area contributed by atoms with Gasteiger partial charge < -0.3 is 15.2 Å². The number of carbonyl (C=O) groups excluding carboxylic acids is 3. The summed E-state index contributed by atoms with van der Waals surface area (Å²) >= 11 is 0. The highest BCUT2D eigenvalue weighted by Gasteiger charge is 2.12. The summed E-state index contributed by atoms with van der Waals surface area (Å²) in [6, 6.07) is 3.84. The first-order valence-corrected chi connectivity index (χ1v) is 5.10. The van der Waals surface area contributed by atoms with Crippen LogP contribution < -0.4 is 11.1 Å². The molecule has 0 fully saturated rings. The number of rotatable bonds is 4. The van der Waals surface area contributed by atoms with Crippen LogP contribution in [0.25, 0.3) is 0 Å². The fourth-order valence-corrected chi connectivity index (χ4v) is 1.23. The summed E-state index contributed by atoms with van der Waals surface area (Å²) in [5.41, 5.74) is 6.79. The lowest BCUT2D eigenvalue weighted by Gasteiger charge is -2.06. The summed E-state index contributed by atoms with van der Waals surface area (Å²) in [4.78, 5) is 32.8. The summed E-state index contributed by atoms with van der Waals surface area (Å²) < 4.78 is 4.45. The number of esters is 1. The zero-order valence-electron chi connectivity index (χ0n) is 9.97. The van der Waals surface area contributed by atoms with Crippen LogP contribution >= 0.6 is 0 Å². The van der Waals surface area contributed by atoms with Crippen LogP contribution in [0.1, 0.15) is 10.4 Å². The molecule has 0 aliphatic heterocycles. The first-order chi connectivity index (χ1) is 8.93. The molecule has 0 aliphatic rings. The molecule has 0 atom stereocenters. The van der Waals surface area contributed by atoms with Crippen LogP contribution in [0, 0.1) is 0 Å². The van der Waals surface area contributed by atoms with E-state index in [1.807, 2.05) is 0 Å². The van der Waals surface area contributed by atoms with Crippen molar-refractivity contribution in [3.05, 3.63) is 35.9 Å². The highest BCUT2D eigenvalue weighted by molar-refractivity contribution is 6.03. The zero-order chi connectivity index (χ0) is 14.4. The third kappa shape index (κ3) is 4.15. The quantitative estimate of drug-likeness (QED) is 0.605. The molecule has 0 aliphatic carbocycles. The Morgan fingerprint density at radius 1 is 1.32 bits per heavy atom. The van der Waals surface area contributed by atoms with E-state index in [9.17, 15) is 19.5 Å². The molecule has 7 heteroatoms. The van der Waals surface area contributed by atoms with Gasteiger partial charge in [0.15, 0.2) is 0 Å². The number of aromatic hydroxyl groups is 1. The topological polar surface area (TPSA) is 117 Å². The molecule has 0 aromatic heterocycles. The maximum absolute atomic E-state index is 11.3. The van der Waals surface area contributed by atoms with Gasteiger partial charge in [-0.3, -0.25) is 15.3 Å². The van der Waals surface area contributed by atoms with Crippen LogP contribution in [0.4, 0.5) is 5.69 Å². The Hall–Kier alpha value is -2.83. The summed E-state index contributed by atoms with van der Waals surface area (Å²) in [5, 5.41) is 11.9. The number of methoxy groups -OCH3 is 1. The van der Waals surface area contributed by atoms with Crippen LogP contribution in [0.15, 0.2) is 30.4 Å². The van der Waals surface area contributed by atoms with E-state index in [4.69, 9.17) is 5.73 Å². The van der Waals surface area contributed by atoms with Crippen molar-refractivity contribution in [3.63, 3.8) is 0 Å². The Morgan fingerprint density at radius 2 is 2.00 bits per heavy atom. The lowest BCUT2D eigenvalue weighted by atomic mass is 10.2. The van der Waals surface area contributed by atoms with Crippen LogP contribution in [0.5, 0.6) is 5.75 Å². The number of phenolic OH excluding ortho intramolecular Hbond substituents is 1. The lowest BCUT2D eigenvalue weighted by Crippen LogP contribution is -2.09. The normalized spacial score (nSPS) is 10.2. The largest absolute Gasteiger partial charge is 0.507 e. The van der Waals surface area contributed by atoms with Crippen LogP contribution in [-0.4, -0.2) is 30.0 Å². The minimum atomic E-state index is -1.00. The van der Waals surface area contributed by atoms with Crippen LogP contribution in [-0.2, 0) is 14.3 Å². The smallest absolute Gasteiger partial charge is 0.341 e. The first kappa shape index (κ1) is 14.2. The third-order valence-electron chi connectivity index (χ3n) is 2.06. The number of ether oxygens (including phenoxy) is 1. The summed E-state index contributed by atoms with van der Waals surface area (Å²) in [6.45, 7) is 0. The molecule has 0 unspecified atom stereocenters. The monoisotopic (exact) mass is 263 g/mol. The van der Waals surface area contributed by atoms with Gasteiger partial charge in [0.2, 0.25) is 5.91 Å². The molecule has 0 saturated heterocycles. The summed E-state index contributed by atoms with van der Waals surface area (Å²) in [7, 11) is 1.18. The second kappa shape index (κ2) is 6.20. The van der Waals surface area contributed by atoms with Crippen molar-refractivity contribution in [2.24, 2.45) is 0 Å². The van der Waals surface area contributed by atoms with Crippen molar-refractivity contribution in [2.75, 3.05) is 12.4 Å². The zero-order valence-corrected chi connectivity index (χ0v) is 9.97. The number of hydrogen-bond acceptors (Lipinski definition) is 5. The fraction of sp³-hybridized carbons (Fsp3) is 0.0833. The van der Waals surface area contributed by atoms with Crippen molar-refractivity contribution in [2.45, 2.75) is 0 Å². The van der Waals surface area contributed by atoms with Gasteiger partial charge >= 0.3 is 5.97 Å². The van der Waals surface area contributed by atoms with Crippen molar-refractivity contribution in [3.8, 4) is 5.75 Å². The van der Waals surface area contributed by atoms with Gasteiger partial charge in [-0.2, -0.15) is 0 Å². The molecule has 2 amide bonds. The Balaban J connectivity index is 2.82. The Bertz CT molecular complexity index is 551. The Labute approximate surface area is 108 Å². The SMILES string of the molecule is COC(=O)c1ccc(NC(=O)C=CC([NH])=O)cc1O. The summed E-state index contributed by atoms with van der Waals surface area (Å²) in [5.74, 6) is -2.68. The van der Waals surface area contributed by atoms with Crippen LogP contribution in [0.3, 0.4) is 0 Å². The van der Waals surface area contributed by atoms with E-state index >= 15 is 0 Å². The van der Waals surface area contributed by atoms with E-state index in [-0.39, 0.29) is 17.0 Å². The van der Waals surface area contributed by atoms with E-state index in [0.717, 1.165) is 12.2 Å². The molecule has 19 heavy (non-hydrogen) atoms. The molecule has 1 rings (SSSR count). The van der Waals surface area contributed by atoms with Gasteiger partial charge in [0.05, 0.1) is 7.11 Å². The van der Waals surface area contributed by atoms with Crippen molar-refractivity contribution in [1.29, 1.82) is 0 Å². The number of hydrogen-bond donors (Lipinski definition) is 2. The second-order valence-corrected chi connectivity index (χ2v) is 3.41. The Kier molecular flexibility index (Phi) is 4.64. The van der Waals surface area contributed by atoms with Gasteiger partial charge in [-0.25, -0.2) is 4.79 Å². The molecule has 3 N–H and O–H groups in total. The predicted octanol–water partition coefficient (Wildman–Crippen LogP) is 0.483. The molecule has 1 aromatic rings. The summed E-state index contributed by atoms with van der Waals surface area (Å²) in [6.07, 6.45) is 1.68. The van der Waals surface area contributed by atoms with Crippen molar-refractivity contribution >= 4 is 23.5 Å². The number of anilines is 1. The van der Waals surface area contributed by atoms with Gasteiger partial charge in [0, 0.05) is 23.9 Å². The molecule has 1 aromatic carbocycles. The lowest BCUT2D eigenvalue weighted by molar-refractivity contribution is -0.115. The van der Waals surface area contributed by atoms with Gasteiger partial charge in [-0.05, 0) is 12.1 Å². The molecule has 7 nitrogen and oxygen atoms in total. The van der Waals surface area contributed by atoms with E-state index < -0.39 is 17.8 Å². The molecular formula is C12H11N2O5. The van der Waals surface area contributed by atoms with E-state index in [2.05, 4.69) is 10.1 Å². The average molecular weight is 263 g/mol. The van der Waals surface area contributed by atoms with Crippen molar-refractivity contribution in [1.82, 2.24) is 5.73 Å². The van der Waals surface area contributed by atoms with Gasteiger partial charge in [-0.1, -0.05) is 0 Å². The molecular weight excluding hydrogens is 252 g/mol. The molecule has 0 bridgehead atoms. The van der Waals surface area contributed by atoms with Crippen molar-refractivity contribution < 1.29 is 24.2 Å². The van der Waals surface area contributed by atoms with E-state index in [1.165, 1.54) is 25.3 Å². The number of phenols is 1. The molecule has 0 heterocycles. The molecule has 99 valence electrons. The average Bonchev–Trinajstić information content (AvgIpc) is 2.35. The van der Waals surface area contributed by atoms with Gasteiger partial charge in [0.1, 0.15) is 11.3 Å². The first-order valence-electron chi connectivity index (χ1n) is 5.10. The number of amides is 2. The third-order valence-corrected chi connectivity index (χ3v) is 2.06. The number of nitrogens with one attached hydrogen (secondary N) is 2. The van der Waals surface area contributed by atoms with Gasteiger partial charge in [-0.15, -0.1) is 0 Å². The number of carbonyl (C=O) groups is 3.